The number of rotatable bonds is 2. The molecule has 2 aliphatic rings. The van der Waals surface area contributed by atoms with Crippen LogP contribution in [0.2, 0.25) is 0 Å². The number of fused-ring (bicyclic) bond motifs is 2. The molecule has 1 saturated carbocycles. The normalized spacial score (nSPS) is 21.1. The molecule has 1 aromatic carbocycles. The first-order chi connectivity index (χ1) is 9.09. The highest BCUT2D eigenvalue weighted by molar-refractivity contribution is 5.98. The molecule has 3 rings (SSSR count). The molecule has 4 heteroatoms. The third-order valence-electron chi connectivity index (χ3n) is 4.63. The Morgan fingerprint density at radius 3 is 2.84 bits per heavy atom. The first-order valence-corrected chi connectivity index (χ1v) is 6.89. The number of hydrogen-bond acceptors (Lipinski definition) is 2. The van der Waals surface area contributed by atoms with Gasteiger partial charge in [0.05, 0.1) is 5.69 Å². The minimum atomic E-state index is -0.216. The van der Waals surface area contributed by atoms with Gasteiger partial charge in [0.15, 0.2) is 0 Å². The molecule has 0 aromatic heterocycles. The predicted molar refractivity (Wildman–Crippen MR) is 72.5 cm³/mol. The van der Waals surface area contributed by atoms with Gasteiger partial charge >= 0.3 is 0 Å². The number of nitrogens with zero attached hydrogens (tertiary/aromatic N) is 1. The largest absolute Gasteiger partial charge is 0.330 e. The first-order valence-electron chi connectivity index (χ1n) is 6.89. The van der Waals surface area contributed by atoms with E-state index in [0.29, 0.717) is 13.1 Å². The van der Waals surface area contributed by atoms with E-state index in [1.165, 1.54) is 6.07 Å². The summed E-state index contributed by atoms with van der Waals surface area (Å²) >= 11 is 0. The molecule has 102 valence electrons. The van der Waals surface area contributed by atoms with E-state index in [1.54, 1.807) is 11.0 Å². The molecule has 1 aliphatic carbocycles. The molecule has 19 heavy (non-hydrogen) atoms. The van der Waals surface area contributed by atoms with E-state index in [4.69, 9.17) is 5.73 Å². The maximum absolute atomic E-state index is 14.2. The molecule has 1 amide bonds. The fourth-order valence-electron chi connectivity index (χ4n) is 3.30. The van der Waals surface area contributed by atoms with Crippen molar-refractivity contribution in [2.75, 3.05) is 18.0 Å². The summed E-state index contributed by atoms with van der Waals surface area (Å²) in [5.41, 5.74) is 6.95. The zero-order valence-corrected chi connectivity index (χ0v) is 11.2. The van der Waals surface area contributed by atoms with Crippen molar-refractivity contribution in [3.05, 3.63) is 29.6 Å². The van der Waals surface area contributed by atoms with Gasteiger partial charge in [-0.2, -0.15) is 0 Å². The van der Waals surface area contributed by atoms with Crippen molar-refractivity contribution in [1.82, 2.24) is 0 Å². The number of anilines is 1. The van der Waals surface area contributed by atoms with Crippen LogP contribution in [-0.4, -0.2) is 19.0 Å². The highest BCUT2D eigenvalue weighted by Gasteiger charge is 2.50. The van der Waals surface area contributed by atoms with Crippen molar-refractivity contribution in [2.24, 2.45) is 11.7 Å². The molecule has 0 saturated heterocycles. The Hall–Kier alpha value is -1.42. The van der Waals surface area contributed by atoms with Gasteiger partial charge in [-0.05, 0) is 25.0 Å². The maximum Gasteiger partial charge on any atom is 0.231 e. The topological polar surface area (TPSA) is 46.3 Å². The van der Waals surface area contributed by atoms with Gasteiger partial charge in [-0.25, -0.2) is 4.39 Å². The van der Waals surface area contributed by atoms with Crippen LogP contribution in [0.4, 0.5) is 10.1 Å². The average Bonchev–Trinajstić information content (AvgIpc) is 2.73. The van der Waals surface area contributed by atoms with Crippen LogP contribution in [0.3, 0.4) is 0 Å². The molecular weight excluding hydrogens is 243 g/mol. The molecule has 2 N–H and O–H groups in total. The van der Waals surface area contributed by atoms with Crippen molar-refractivity contribution in [3.63, 3.8) is 0 Å². The molecule has 0 bridgehead atoms. The van der Waals surface area contributed by atoms with Gasteiger partial charge in [-0.15, -0.1) is 0 Å². The van der Waals surface area contributed by atoms with E-state index in [-0.39, 0.29) is 23.1 Å². The van der Waals surface area contributed by atoms with Gasteiger partial charge in [0.2, 0.25) is 5.91 Å². The van der Waals surface area contributed by atoms with Crippen molar-refractivity contribution in [1.29, 1.82) is 0 Å². The van der Waals surface area contributed by atoms with Crippen LogP contribution < -0.4 is 10.6 Å². The van der Waals surface area contributed by atoms with E-state index >= 15 is 0 Å². The Balaban J connectivity index is 2.04. The lowest BCUT2D eigenvalue weighted by Crippen LogP contribution is -2.44. The van der Waals surface area contributed by atoms with Crippen molar-refractivity contribution in [2.45, 2.75) is 31.6 Å². The molecule has 0 radical (unpaired) electrons. The number of carbonyl (C=O) groups is 1. The monoisotopic (exact) mass is 262 g/mol. The Morgan fingerprint density at radius 1 is 1.53 bits per heavy atom. The molecule has 1 unspecified atom stereocenters. The van der Waals surface area contributed by atoms with Crippen LogP contribution >= 0.6 is 0 Å². The second-order valence-electron chi connectivity index (χ2n) is 5.83. The summed E-state index contributed by atoms with van der Waals surface area (Å²) < 4.78 is 14.2. The quantitative estimate of drug-likeness (QED) is 0.888. The smallest absolute Gasteiger partial charge is 0.231 e. The third-order valence-corrected chi connectivity index (χ3v) is 4.63. The highest BCUT2D eigenvalue weighted by atomic mass is 19.1. The average molecular weight is 262 g/mol. The number of halogens is 1. The lowest BCUT2D eigenvalue weighted by Gasteiger charge is -2.39. The van der Waals surface area contributed by atoms with Crippen molar-refractivity contribution in [3.8, 4) is 0 Å². The maximum atomic E-state index is 14.2. The number of hydrogen-bond donors (Lipinski definition) is 1. The second-order valence-corrected chi connectivity index (χ2v) is 5.83. The summed E-state index contributed by atoms with van der Waals surface area (Å²) in [6, 6.07) is 5.03. The Kier molecular flexibility index (Phi) is 2.86. The summed E-state index contributed by atoms with van der Waals surface area (Å²) in [6.45, 7) is 2.77. The van der Waals surface area contributed by atoms with E-state index < -0.39 is 0 Å². The molecule has 3 nitrogen and oxygen atoms in total. The minimum Gasteiger partial charge on any atom is -0.330 e. The fraction of sp³-hybridized carbons (Fsp3) is 0.533. The lowest BCUT2D eigenvalue weighted by molar-refractivity contribution is -0.121. The Bertz CT molecular complexity index is 525. The van der Waals surface area contributed by atoms with E-state index in [0.717, 1.165) is 30.5 Å². The molecular formula is C15H19FN2O. The molecule has 1 aliphatic heterocycles. The first kappa shape index (κ1) is 12.6. The molecule has 1 atom stereocenters. The number of nitrogens with two attached hydrogens (primary N) is 1. The predicted octanol–water partition coefficient (Wildman–Crippen LogP) is 2.19. The summed E-state index contributed by atoms with van der Waals surface area (Å²) in [4.78, 5) is 14.1. The van der Waals surface area contributed by atoms with Crippen LogP contribution in [-0.2, 0) is 10.2 Å². The summed E-state index contributed by atoms with van der Waals surface area (Å²) in [5.74, 6) is -0.377. The van der Waals surface area contributed by atoms with Gasteiger partial charge in [-0.1, -0.05) is 19.4 Å². The van der Waals surface area contributed by atoms with Crippen LogP contribution in [0.25, 0.3) is 0 Å². The summed E-state index contributed by atoms with van der Waals surface area (Å²) in [7, 11) is 0. The SMILES string of the molecule is CC(CN)C(=O)N1CC2(CCC2)c2c(F)cccc21. The third kappa shape index (κ3) is 1.70. The van der Waals surface area contributed by atoms with E-state index in [1.807, 2.05) is 13.0 Å². The van der Waals surface area contributed by atoms with Gasteiger partial charge in [0.25, 0.3) is 0 Å². The molecule has 1 fully saturated rings. The lowest BCUT2D eigenvalue weighted by atomic mass is 9.65. The Labute approximate surface area is 112 Å². The minimum absolute atomic E-state index is 0.0122. The van der Waals surface area contributed by atoms with E-state index in [2.05, 4.69) is 0 Å². The standard InChI is InChI=1S/C15H19FN2O/c1-10(8-17)14(19)18-9-15(6-3-7-15)13-11(16)4-2-5-12(13)18/h2,4-5,10H,3,6-9,17H2,1H3. The van der Waals surface area contributed by atoms with Crippen molar-refractivity contribution >= 4 is 11.6 Å². The zero-order valence-electron chi connectivity index (χ0n) is 11.2. The second kappa shape index (κ2) is 4.30. The highest BCUT2D eigenvalue weighted by Crippen LogP contribution is 2.53. The molecule has 1 spiro atoms. The van der Waals surface area contributed by atoms with Gasteiger partial charge in [0, 0.05) is 30.0 Å². The van der Waals surface area contributed by atoms with E-state index in [9.17, 15) is 9.18 Å². The van der Waals surface area contributed by atoms with Gasteiger partial charge < -0.3 is 10.6 Å². The van der Waals surface area contributed by atoms with Crippen molar-refractivity contribution < 1.29 is 9.18 Å². The zero-order chi connectivity index (χ0) is 13.6. The number of carbonyl (C=O) groups excluding carboxylic acids is 1. The van der Waals surface area contributed by atoms with Crippen LogP contribution in [0, 0.1) is 11.7 Å². The van der Waals surface area contributed by atoms with Crippen LogP contribution in [0.15, 0.2) is 18.2 Å². The number of amides is 1. The summed E-state index contributed by atoms with van der Waals surface area (Å²) in [6.07, 6.45) is 3.06. The Morgan fingerprint density at radius 2 is 2.26 bits per heavy atom. The van der Waals surface area contributed by atoms with Crippen LogP contribution in [0.1, 0.15) is 31.7 Å². The fourth-order valence-corrected chi connectivity index (χ4v) is 3.30. The number of benzene rings is 1. The summed E-state index contributed by atoms with van der Waals surface area (Å²) in [5, 5.41) is 0. The molecule has 1 heterocycles. The molecule has 1 aromatic rings. The van der Waals surface area contributed by atoms with Gasteiger partial charge in [0.1, 0.15) is 5.82 Å². The van der Waals surface area contributed by atoms with Gasteiger partial charge in [-0.3, -0.25) is 4.79 Å². The van der Waals surface area contributed by atoms with Crippen LogP contribution in [0.5, 0.6) is 0 Å².